The lowest BCUT2D eigenvalue weighted by molar-refractivity contribution is -0.148. The number of rotatable bonds is 6. The fourth-order valence-corrected chi connectivity index (χ4v) is 5.78. The average molecular weight is 503 g/mol. The molecule has 2 atom stereocenters. The third-order valence-electron chi connectivity index (χ3n) is 4.75. The number of amides is 2. The highest BCUT2D eigenvalue weighted by Crippen LogP contribution is 2.41. The molecule has 0 radical (unpaired) electrons. The number of fused-ring (bicyclic) bond motifs is 1. The van der Waals surface area contributed by atoms with Crippen LogP contribution in [0.1, 0.15) is 10.4 Å². The molecule has 2 aliphatic rings. The van der Waals surface area contributed by atoms with Gasteiger partial charge in [0.2, 0.25) is 5.16 Å². The zero-order valence-corrected chi connectivity index (χ0v) is 18.5. The van der Waals surface area contributed by atoms with Gasteiger partial charge in [0.25, 0.3) is 11.8 Å². The Morgan fingerprint density at radius 1 is 1.38 bits per heavy atom. The first kappa shape index (κ1) is 22.5. The minimum Gasteiger partial charge on any atom is -0.477 e. The Balaban J connectivity index is 1.51. The first-order valence-corrected chi connectivity index (χ1v) is 11.3. The van der Waals surface area contributed by atoms with Crippen molar-refractivity contribution in [3.05, 3.63) is 45.6 Å². The summed E-state index contributed by atoms with van der Waals surface area (Å²) < 4.78 is 28.2. The normalized spacial score (nSPS) is 20.1. The number of halogens is 3. The summed E-state index contributed by atoms with van der Waals surface area (Å²) in [5, 5.41) is 22.7. The molecule has 0 aliphatic carbocycles. The second-order valence-electron chi connectivity index (χ2n) is 6.74. The van der Waals surface area contributed by atoms with E-state index < -0.39 is 40.8 Å². The number of nitrogens with one attached hydrogen (secondary N) is 1. The van der Waals surface area contributed by atoms with Gasteiger partial charge in [0.1, 0.15) is 17.1 Å². The maximum Gasteiger partial charge on any atom is 0.352 e. The number of aromatic nitrogens is 4. The van der Waals surface area contributed by atoms with Crippen molar-refractivity contribution in [3.63, 3.8) is 0 Å². The van der Waals surface area contributed by atoms with Crippen molar-refractivity contribution in [1.29, 1.82) is 0 Å². The third-order valence-corrected chi connectivity index (χ3v) is 7.50. The summed E-state index contributed by atoms with van der Waals surface area (Å²) in [7, 11) is 1.64. The van der Waals surface area contributed by atoms with E-state index >= 15 is 0 Å². The van der Waals surface area contributed by atoms with Crippen LogP contribution in [0.25, 0.3) is 0 Å². The van der Waals surface area contributed by atoms with E-state index in [2.05, 4.69) is 20.8 Å². The molecule has 2 aliphatic heterocycles. The van der Waals surface area contributed by atoms with Crippen LogP contribution in [0.2, 0.25) is 5.02 Å². The largest absolute Gasteiger partial charge is 0.477 e. The quantitative estimate of drug-likeness (QED) is 0.341. The minimum absolute atomic E-state index is 0.155. The second-order valence-corrected chi connectivity index (χ2v) is 9.19. The Bertz CT molecular complexity index is 1180. The summed E-state index contributed by atoms with van der Waals surface area (Å²) in [5.41, 5.74) is 0.0206. The molecular formula is C17H13ClF2N6O4S2. The zero-order valence-electron chi connectivity index (χ0n) is 16.1. The fraction of sp³-hybridized carbons (Fsp3) is 0.294. The van der Waals surface area contributed by atoms with Crippen LogP contribution >= 0.6 is 35.1 Å². The molecule has 1 fully saturated rings. The average Bonchev–Trinajstić information content (AvgIpc) is 3.16. The van der Waals surface area contributed by atoms with E-state index in [-0.39, 0.29) is 22.0 Å². The van der Waals surface area contributed by atoms with Crippen LogP contribution in [0.15, 0.2) is 28.6 Å². The standard InChI is InChI=1S/C17H13ClF2N6O4S2/c1-25-17(22-23-24-25)32-5-6-4-31-15-11(14(28)26(15)12(6)16(29)30)21-13(27)7-2-9(19)10(20)3-8(7)18/h2-3,11,15H,4-5H2,1H3,(H,21,27)(H,29,30)/t11-,15-/m1/s1. The van der Waals surface area contributed by atoms with Crippen LogP contribution in [0, 0.1) is 11.6 Å². The number of thioether (sulfide) groups is 2. The number of hydrogen-bond acceptors (Lipinski definition) is 8. The van der Waals surface area contributed by atoms with Gasteiger partial charge in [-0.2, -0.15) is 0 Å². The second kappa shape index (κ2) is 8.67. The molecule has 2 amide bonds. The molecule has 168 valence electrons. The number of tetrazole rings is 1. The zero-order chi connectivity index (χ0) is 23.2. The number of carbonyl (C=O) groups is 3. The lowest BCUT2D eigenvalue weighted by atomic mass is 10.0. The molecule has 3 heterocycles. The summed E-state index contributed by atoms with van der Waals surface area (Å²) in [6.45, 7) is 0. The van der Waals surface area contributed by atoms with Gasteiger partial charge in [-0.15, -0.1) is 16.9 Å². The summed E-state index contributed by atoms with van der Waals surface area (Å²) in [5.74, 6) is -4.70. The van der Waals surface area contributed by atoms with Crippen LogP contribution in [0.5, 0.6) is 0 Å². The molecule has 2 aromatic rings. The van der Waals surface area contributed by atoms with Crippen LogP contribution < -0.4 is 5.32 Å². The van der Waals surface area contributed by atoms with Crippen molar-refractivity contribution in [3.8, 4) is 0 Å². The molecule has 0 bridgehead atoms. The van der Waals surface area contributed by atoms with E-state index in [0.29, 0.717) is 28.6 Å². The van der Waals surface area contributed by atoms with Gasteiger partial charge in [-0.1, -0.05) is 23.4 Å². The number of hydrogen-bond donors (Lipinski definition) is 2. The number of carboxylic acid groups (broad SMARTS) is 1. The number of aliphatic carboxylic acids is 1. The maximum atomic E-state index is 13.5. The minimum atomic E-state index is -1.27. The molecule has 15 heteroatoms. The van der Waals surface area contributed by atoms with E-state index in [4.69, 9.17) is 11.6 Å². The Morgan fingerprint density at radius 2 is 2.09 bits per heavy atom. The van der Waals surface area contributed by atoms with Crippen molar-refractivity contribution in [2.24, 2.45) is 7.05 Å². The molecule has 32 heavy (non-hydrogen) atoms. The van der Waals surface area contributed by atoms with E-state index in [9.17, 15) is 28.3 Å². The Kier molecular flexibility index (Phi) is 6.09. The lowest BCUT2D eigenvalue weighted by Crippen LogP contribution is -2.70. The van der Waals surface area contributed by atoms with Crippen molar-refractivity contribution in [1.82, 2.24) is 30.4 Å². The monoisotopic (exact) mass is 502 g/mol. The Labute approximate surface area is 192 Å². The van der Waals surface area contributed by atoms with Crippen molar-refractivity contribution in [2.45, 2.75) is 16.6 Å². The van der Waals surface area contributed by atoms with Gasteiger partial charge in [-0.3, -0.25) is 14.5 Å². The summed E-state index contributed by atoms with van der Waals surface area (Å²) in [6, 6.07) is 0.266. The van der Waals surface area contributed by atoms with Crippen molar-refractivity contribution < 1.29 is 28.3 Å². The molecule has 0 saturated carbocycles. The Morgan fingerprint density at radius 3 is 2.75 bits per heavy atom. The van der Waals surface area contributed by atoms with Crippen LogP contribution in [0.4, 0.5) is 8.78 Å². The van der Waals surface area contributed by atoms with Gasteiger partial charge in [0.15, 0.2) is 11.6 Å². The lowest BCUT2D eigenvalue weighted by Gasteiger charge is -2.49. The number of carboxylic acids is 1. The predicted octanol–water partition coefficient (Wildman–Crippen LogP) is 1.29. The van der Waals surface area contributed by atoms with E-state index in [0.717, 1.165) is 4.90 Å². The van der Waals surface area contributed by atoms with Crippen LogP contribution in [0.3, 0.4) is 0 Å². The van der Waals surface area contributed by atoms with Gasteiger partial charge in [0.05, 0.1) is 10.6 Å². The SMILES string of the molecule is Cn1nnnc1SCC1=C(C(=O)O)N2C(=O)[C@@H](NC(=O)c3cc(F)c(F)cc3Cl)[C@H]2SC1. The van der Waals surface area contributed by atoms with Gasteiger partial charge >= 0.3 is 5.97 Å². The van der Waals surface area contributed by atoms with Crippen molar-refractivity contribution >= 4 is 52.9 Å². The smallest absolute Gasteiger partial charge is 0.352 e. The molecular weight excluding hydrogens is 490 g/mol. The van der Waals surface area contributed by atoms with Gasteiger partial charge in [-0.05, 0) is 28.1 Å². The highest BCUT2D eigenvalue weighted by molar-refractivity contribution is 8.01. The van der Waals surface area contributed by atoms with Gasteiger partial charge < -0.3 is 10.4 Å². The predicted molar refractivity (Wildman–Crippen MR) is 110 cm³/mol. The van der Waals surface area contributed by atoms with E-state index in [1.54, 1.807) is 7.05 Å². The van der Waals surface area contributed by atoms with E-state index in [1.807, 2.05) is 0 Å². The fourth-order valence-electron chi connectivity index (χ4n) is 3.21. The molecule has 1 aromatic carbocycles. The molecule has 2 N–H and O–H groups in total. The van der Waals surface area contributed by atoms with Crippen LogP contribution in [-0.2, 0) is 16.6 Å². The first-order valence-electron chi connectivity index (χ1n) is 8.89. The maximum absolute atomic E-state index is 13.5. The van der Waals surface area contributed by atoms with Crippen LogP contribution in [-0.4, -0.2) is 70.9 Å². The summed E-state index contributed by atoms with van der Waals surface area (Å²) >= 11 is 8.31. The van der Waals surface area contributed by atoms with E-state index in [1.165, 1.54) is 28.2 Å². The number of aryl methyl sites for hydroxylation is 1. The molecule has 0 unspecified atom stereocenters. The number of benzene rings is 1. The molecule has 0 spiro atoms. The van der Waals surface area contributed by atoms with Gasteiger partial charge in [0, 0.05) is 18.6 Å². The molecule has 4 rings (SSSR count). The highest BCUT2D eigenvalue weighted by atomic mass is 35.5. The Hall–Kier alpha value is -2.71. The summed E-state index contributed by atoms with van der Waals surface area (Å²) in [4.78, 5) is 38.2. The third kappa shape index (κ3) is 3.93. The molecule has 1 saturated heterocycles. The highest BCUT2D eigenvalue weighted by Gasteiger charge is 2.54. The summed E-state index contributed by atoms with van der Waals surface area (Å²) in [6.07, 6.45) is 0. The topological polar surface area (TPSA) is 130 Å². The molecule has 1 aromatic heterocycles. The first-order chi connectivity index (χ1) is 15.2. The molecule has 10 nitrogen and oxygen atoms in total. The van der Waals surface area contributed by atoms with Gasteiger partial charge in [-0.25, -0.2) is 18.3 Å². The van der Waals surface area contributed by atoms with Crippen molar-refractivity contribution in [2.75, 3.05) is 11.5 Å². The number of carbonyl (C=O) groups excluding carboxylic acids is 2. The number of β-lactam (4-membered cyclic amide) rings is 1. The number of nitrogens with zero attached hydrogens (tertiary/aromatic N) is 5.